The highest BCUT2D eigenvalue weighted by Gasteiger charge is 2.14. The minimum atomic E-state index is -0.337. The Kier molecular flexibility index (Phi) is 7.95. The smallest absolute Gasteiger partial charge is 0.271 e. The Hall–Kier alpha value is -2.24. The lowest BCUT2D eigenvalue weighted by molar-refractivity contribution is 0.0955. The molecule has 144 valence electrons. The zero-order valence-electron chi connectivity index (χ0n) is 15.5. The second kappa shape index (κ2) is 10.2. The van der Waals surface area contributed by atoms with E-state index in [0.717, 1.165) is 6.42 Å². The molecular formula is C20H22Cl2N2O3. The summed E-state index contributed by atoms with van der Waals surface area (Å²) in [5, 5.41) is 4.96. The Labute approximate surface area is 169 Å². The summed E-state index contributed by atoms with van der Waals surface area (Å²) in [7, 11) is 0. The summed E-state index contributed by atoms with van der Waals surface area (Å²) in [5.41, 5.74) is 3.60. The van der Waals surface area contributed by atoms with Crippen LogP contribution >= 0.6 is 23.2 Å². The molecule has 0 aliphatic carbocycles. The molecule has 0 aromatic heterocycles. The van der Waals surface area contributed by atoms with Crippen molar-refractivity contribution in [2.45, 2.75) is 33.3 Å². The van der Waals surface area contributed by atoms with Crippen molar-refractivity contribution >= 4 is 35.3 Å². The van der Waals surface area contributed by atoms with E-state index in [4.69, 9.17) is 32.7 Å². The minimum Gasteiger partial charge on any atom is -0.490 e. The van der Waals surface area contributed by atoms with Crippen LogP contribution in [0.15, 0.2) is 41.5 Å². The van der Waals surface area contributed by atoms with Crippen LogP contribution in [0.5, 0.6) is 11.5 Å². The number of hydrazone groups is 1. The lowest BCUT2D eigenvalue weighted by Gasteiger charge is -2.18. The van der Waals surface area contributed by atoms with E-state index in [1.165, 1.54) is 6.21 Å². The number of halogens is 2. The predicted octanol–water partition coefficient (Wildman–Crippen LogP) is 5.33. The fraction of sp³-hybridized carbons (Fsp3) is 0.300. The van der Waals surface area contributed by atoms with Gasteiger partial charge in [0, 0.05) is 10.6 Å². The van der Waals surface area contributed by atoms with Gasteiger partial charge in [-0.2, -0.15) is 5.10 Å². The van der Waals surface area contributed by atoms with Gasteiger partial charge in [-0.15, -0.1) is 0 Å². The summed E-state index contributed by atoms with van der Waals surface area (Å²) >= 11 is 12.2. The van der Waals surface area contributed by atoms with Gasteiger partial charge in [-0.1, -0.05) is 30.1 Å². The molecule has 0 unspecified atom stereocenters. The minimum absolute atomic E-state index is 0.0138. The number of ether oxygens (including phenoxy) is 2. The summed E-state index contributed by atoms with van der Waals surface area (Å²) in [6.07, 6.45) is 2.36. The number of nitrogens with zero attached hydrogens (tertiary/aromatic N) is 1. The zero-order chi connectivity index (χ0) is 19.8. The van der Waals surface area contributed by atoms with E-state index >= 15 is 0 Å². The molecule has 0 aliphatic rings. The Morgan fingerprint density at radius 1 is 1.22 bits per heavy atom. The van der Waals surface area contributed by atoms with Gasteiger partial charge < -0.3 is 9.47 Å². The number of nitrogens with one attached hydrogen (secondary N) is 1. The van der Waals surface area contributed by atoms with Crippen molar-refractivity contribution in [3.05, 3.63) is 57.6 Å². The molecule has 7 heteroatoms. The van der Waals surface area contributed by atoms with E-state index in [1.54, 1.807) is 36.4 Å². The zero-order valence-corrected chi connectivity index (χ0v) is 17.0. The molecule has 5 nitrogen and oxygen atoms in total. The van der Waals surface area contributed by atoms with E-state index in [-0.39, 0.29) is 12.0 Å². The van der Waals surface area contributed by atoms with E-state index in [2.05, 4.69) is 10.5 Å². The topological polar surface area (TPSA) is 59.9 Å². The third-order valence-electron chi connectivity index (χ3n) is 3.71. The summed E-state index contributed by atoms with van der Waals surface area (Å²) < 4.78 is 11.5. The fourth-order valence-corrected chi connectivity index (χ4v) is 2.55. The van der Waals surface area contributed by atoms with Crippen molar-refractivity contribution in [1.29, 1.82) is 0 Å². The Morgan fingerprint density at radius 3 is 2.56 bits per heavy atom. The van der Waals surface area contributed by atoms with E-state index in [0.29, 0.717) is 39.3 Å². The van der Waals surface area contributed by atoms with Gasteiger partial charge in [-0.05, 0) is 62.2 Å². The second-order valence-corrected chi connectivity index (χ2v) is 6.65. The first-order valence-corrected chi connectivity index (χ1v) is 9.42. The molecule has 2 rings (SSSR count). The van der Waals surface area contributed by atoms with Crippen LogP contribution in [-0.4, -0.2) is 24.8 Å². The summed E-state index contributed by atoms with van der Waals surface area (Å²) in [6.45, 7) is 6.35. The highest BCUT2D eigenvalue weighted by Crippen LogP contribution is 2.37. The van der Waals surface area contributed by atoms with Crippen LogP contribution in [0.1, 0.15) is 43.1 Å². The second-order valence-electron chi connectivity index (χ2n) is 5.81. The van der Waals surface area contributed by atoms with Crippen LogP contribution in [-0.2, 0) is 0 Å². The normalized spacial score (nSPS) is 12.0. The first-order valence-electron chi connectivity index (χ1n) is 8.66. The number of hydrogen-bond donors (Lipinski definition) is 1. The quantitative estimate of drug-likeness (QED) is 0.473. The summed E-state index contributed by atoms with van der Waals surface area (Å²) in [5.74, 6) is 0.710. The van der Waals surface area contributed by atoms with Gasteiger partial charge in [0.25, 0.3) is 5.91 Å². The molecule has 0 aliphatic heterocycles. The maximum Gasteiger partial charge on any atom is 0.271 e. The molecule has 1 amide bonds. The Morgan fingerprint density at radius 2 is 1.93 bits per heavy atom. The van der Waals surface area contributed by atoms with Crippen LogP contribution in [0.2, 0.25) is 10.0 Å². The number of amides is 1. The number of carbonyl (C=O) groups is 1. The van der Waals surface area contributed by atoms with Crippen molar-refractivity contribution in [2.24, 2.45) is 5.10 Å². The Bertz CT molecular complexity index is 808. The molecule has 2 aromatic carbocycles. The lowest BCUT2D eigenvalue weighted by atomic mass is 10.2. The average Bonchev–Trinajstić information content (AvgIpc) is 2.65. The molecule has 0 saturated carbocycles. The average molecular weight is 409 g/mol. The van der Waals surface area contributed by atoms with Gasteiger partial charge in [0.1, 0.15) is 0 Å². The molecule has 0 heterocycles. The number of hydrogen-bond acceptors (Lipinski definition) is 4. The monoisotopic (exact) mass is 408 g/mol. The molecule has 27 heavy (non-hydrogen) atoms. The van der Waals surface area contributed by atoms with Crippen molar-refractivity contribution in [2.75, 3.05) is 6.61 Å². The molecule has 0 bridgehead atoms. The summed E-state index contributed by atoms with van der Waals surface area (Å²) in [6, 6.07) is 10.0. The molecule has 0 fully saturated rings. The van der Waals surface area contributed by atoms with Gasteiger partial charge in [-0.25, -0.2) is 5.43 Å². The largest absolute Gasteiger partial charge is 0.490 e. The summed E-state index contributed by atoms with van der Waals surface area (Å²) in [4.78, 5) is 12.1. The maximum absolute atomic E-state index is 12.1. The van der Waals surface area contributed by atoms with Crippen molar-refractivity contribution in [3.8, 4) is 11.5 Å². The van der Waals surface area contributed by atoms with Gasteiger partial charge in [0.05, 0.1) is 23.9 Å². The van der Waals surface area contributed by atoms with E-state index < -0.39 is 0 Å². The highest BCUT2D eigenvalue weighted by molar-refractivity contribution is 6.32. The van der Waals surface area contributed by atoms with Gasteiger partial charge in [0.2, 0.25) is 0 Å². The number of benzene rings is 2. The van der Waals surface area contributed by atoms with Crippen LogP contribution in [0.3, 0.4) is 0 Å². The van der Waals surface area contributed by atoms with Crippen molar-refractivity contribution < 1.29 is 14.3 Å². The SMILES string of the molecule is CCOc1cc(/C=N\NC(=O)c2ccc(Cl)cc2)cc(Cl)c1O[C@H](C)CC. The Balaban J connectivity index is 2.14. The van der Waals surface area contributed by atoms with Crippen LogP contribution in [0.4, 0.5) is 0 Å². The fourth-order valence-electron chi connectivity index (χ4n) is 2.16. The van der Waals surface area contributed by atoms with Gasteiger partial charge in [-0.3, -0.25) is 4.79 Å². The predicted molar refractivity (Wildman–Crippen MR) is 110 cm³/mol. The number of rotatable bonds is 8. The standard InChI is InChI=1S/C20H22Cl2N2O3/c1-4-13(3)27-19-17(22)10-14(11-18(19)26-5-2)12-23-24-20(25)15-6-8-16(21)9-7-15/h6-13H,4-5H2,1-3H3,(H,24,25)/b23-12-/t13-/m1/s1. The van der Waals surface area contributed by atoms with Gasteiger partial charge >= 0.3 is 0 Å². The number of carbonyl (C=O) groups excluding carboxylic acids is 1. The van der Waals surface area contributed by atoms with E-state index in [1.807, 2.05) is 20.8 Å². The van der Waals surface area contributed by atoms with Crippen LogP contribution < -0.4 is 14.9 Å². The molecule has 1 N–H and O–H groups in total. The van der Waals surface area contributed by atoms with Crippen LogP contribution in [0, 0.1) is 0 Å². The van der Waals surface area contributed by atoms with Crippen LogP contribution in [0.25, 0.3) is 0 Å². The molecule has 2 aromatic rings. The third-order valence-corrected chi connectivity index (χ3v) is 4.24. The maximum atomic E-state index is 12.1. The molecule has 0 radical (unpaired) electrons. The molecular weight excluding hydrogens is 387 g/mol. The van der Waals surface area contributed by atoms with Gasteiger partial charge in [0.15, 0.2) is 11.5 Å². The third kappa shape index (κ3) is 6.15. The highest BCUT2D eigenvalue weighted by atomic mass is 35.5. The van der Waals surface area contributed by atoms with E-state index in [9.17, 15) is 4.79 Å². The first-order chi connectivity index (χ1) is 12.9. The lowest BCUT2D eigenvalue weighted by Crippen LogP contribution is -2.17. The van der Waals surface area contributed by atoms with Crippen molar-refractivity contribution in [1.82, 2.24) is 5.43 Å². The van der Waals surface area contributed by atoms with Crippen molar-refractivity contribution in [3.63, 3.8) is 0 Å². The first kappa shape index (κ1) is 21.1. The molecule has 0 spiro atoms. The molecule has 1 atom stereocenters. The molecule has 0 saturated heterocycles.